The number of aromatic hydroxyl groups is 1. The van der Waals surface area contributed by atoms with Gasteiger partial charge < -0.3 is 10.4 Å². The van der Waals surface area contributed by atoms with E-state index in [1.54, 1.807) is 6.07 Å². The Hall–Kier alpha value is -1.32. The van der Waals surface area contributed by atoms with E-state index < -0.39 is 0 Å². The van der Waals surface area contributed by atoms with E-state index in [4.69, 9.17) is 0 Å². The van der Waals surface area contributed by atoms with Gasteiger partial charge in [-0.15, -0.1) is 0 Å². The van der Waals surface area contributed by atoms with Gasteiger partial charge in [0.15, 0.2) is 0 Å². The summed E-state index contributed by atoms with van der Waals surface area (Å²) in [6, 6.07) is 14.7. The summed E-state index contributed by atoms with van der Waals surface area (Å²) in [5.41, 5.74) is 3.61. The first-order valence-corrected chi connectivity index (χ1v) is 7.77. The van der Waals surface area contributed by atoms with E-state index in [1.165, 1.54) is 11.1 Å². The quantitative estimate of drug-likeness (QED) is 0.868. The van der Waals surface area contributed by atoms with Gasteiger partial charge in [0.25, 0.3) is 0 Å². The summed E-state index contributed by atoms with van der Waals surface area (Å²) < 4.78 is 1.13. The van der Waals surface area contributed by atoms with Crippen LogP contribution in [0.1, 0.15) is 42.1 Å². The second kappa shape index (κ2) is 5.58. The largest absolute Gasteiger partial charge is 0.508 e. The lowest BCUT2D eigenvalue weighted by Gasteiger charge is -2.21. The molecule has 3 rings (SSSR count). The minimum atomic E-state index is 0.267. The predicted molar refractivity (Wildman–Crippen MR) is 84.9 cm³/mol. The highest BCUT2D eigenvalue weighted by atomic mass is 79.9. The Balaban J connectivity index is 1.81. The van der Waals surface area contributed by atoms with Crippen molar-refractivity contribution in [3.63, 3.8) is 0 Å². The molecule has 0 spiro atoms. The fraction of sp³-hybridized carbons (Fsp3) is 0.294. The van der Waals surface area contributed by atoms with Crippen molar-refractivity contribution in [1.82, 2.24) is 5.32 Å². The van der Waals surface area contributed by atoms with Gasteiger partial charge in [0.2, 0.25) is 0 Å². The molecule has 0 aromatic heterocycles. The number of rotatable bonds is 3. The molecule has 2 atom stereocenters. The van der Waals surface area contributed by atoms with Crippen molar-refractivity contribution in [3.8, 4) is 5.75 Å². The number of benzene rings is 2. The second-order valence-corrected chi connectivity index (χ2v) is 6.20. The number of phenols is 1. The lowest BCUT2D eigenvalue weighted by atomic mass is 10.0. The molecule has 2 nitrogen and oxygen atoms in total. The van der Waals surface area contributed by atoms with Gasteiger partial charge in [-0.3, -0.25) is 0 Å². The number of nitrogens with one attached hydrogen (secondary N) is 1. The van der Waals surface area contributed by atoms with Gasteiger partial charge in [-0.2, -0.15) is 0 Å². The third kappa shape index (κ3) is 2.48. The lowest BCUT2D eigenvalue weighted by Crippen LogP contribution is -2.23. The predicted octanol–water partition coefficient (Wildman–Crippen LogP) is 4.49. The molecular weight excluding hydrogens is 314 g/mol. The minimum absolute atomic E-state index is 0.267. The smallest absolute Gasteiger partial charge is 0.119 e. The first-order chi connectivity index (χ1) is 9.66. The highest BCUT2D eigenvalue weighted by Crippen LogP contribution is 2.38. The first-order valence-electron chi connectivity index (χ1n) is 6.98. The molecule has 1 aliphatic carbocycles. The molecular formula is C17H18BrNO. The van der Waals surface area contributed by atoms with Crippen LogP contribution in [-0.2, 0) is 6.42 Å². The molecule has 0 aliphatic heterocycles. The zero-order valence-corrected chi connectivity index (χ0v) is 13.0. The van der Waals surface area contributed by atoms with Crippen LogP contribution >= 0.6 is 15.9 Å². The molecule has 2 aromatic carbocycles. The summed E-state index contributed by atoms with van der Waals surface area (Å²) in [7, 11) is 0. The van der Waals surface area contributed by atoms with Crippen molar-refractivity contribution in [1.29, 1.82) is 0 Å². The van der Waals surface area contributed by atoms with Gasteiger partial charge in [-0.25, -0.2) is 0 Å². The first kappa shape index (κ1) is 13.7. The number of hydrogen-bond acceptors (Lipinski definition) is 2. The minimum Gasteiger partial charge on any atom is -0.508 e. The van der Waals surface area contributed by atoms with Crippen molar-refractivity contribution in [2.24, 2.45) is 0 Å². The molecule has 2 aromatic rings. The van der Waals surface area contributed by atoms with Gasteiger partial charge in [0, 0.05) is 16.6 Å². The van der Waals surface area contributed by atoms with Gasteiger partial charge >= 0.3 is 0 Å². The van der Waals surface area contributed by atoms with Crippen LogP contribution in [0.3, 0.4) is 0 Å². The third-order valence-corrected chi connectivity index (χ3v) is 4.79. The second-order valence-electron chi connectivity index (χ2n) is 5.35. The molecule has 0 saturated heterocycles. The number of fused-ring (bicyclic) bond motifs is 1. The van der Waals surface area contributed by atoms with Gasteiger partial charge in [-0.05, 0) is 48.6 Å². The van der Waals surface area contributed by atoms with Gasteiger partial charge in [0.1, 0.15) is 5.75 Å². The molecule has 104 valence electrons. The summed E-state index contributed by atoms with van der Waals surface area (Å²) in [5.74, 6) is 0.431. The fourth-order valence-electron chi connectivity index (χ4n) is 3.03. The molecule has 0 bridgehead atoms. The highest BCUT2D eigenvalue weighted by Gasteiger charge is 2.26. The van der Waals surface area contributed by atoms with Crippen LogP contribution in [-0.4, -0.2) is 5.11 Å². The van der Waals surface area contributed by atoms with Crippen LogP contribution in [0.4, 0.5) is 0 Å². The Labute approximate surface area is 128 Å². The fourth-order valence-corrected chi connectivity index (χ4v) is 3.65. The molecule has 20 heavy (non-hydrogen) atoms. The summed E-state index contributed by atoms with van der Waals surface area (Å²) in [5, 5.41) is 13.6. The van der Waals surface area contributed by atoms with Crippen LogP contribution < -0.4 is 5.32 Å². The van der Waals surface area contributed by atoms with Gasteiger partial charge in [0.05, 0.1) is 0 Å². The SMILES string of the molecule is CC(NC1CCc2c(O)cccc21)c1ccccc1Br. The maximum absolute atomic E-state index is 9.91. The van der Waals surface area contributed by atoms with E-state index in [-0.39, 0.29) is 6.04 Å². The summed E-state index contributed by atoms with van der Waals surface area (Å²) in [6.45, 7) is 2.18. The standard InChI is InChI=1S/C17H18BrNO/c1-11(12-5-2-3-7-15(12)18)19-16-10-9-14-13(16)6-4-8-17(14)20/h2-8,11,16,19-20H,9-10H2,1H3. The van der Waals surface area contributed by atoms with E-state index >= 15 is 0 Å². The molecule has 3 heteroatoms. The van der Waals surface area contributed by atoms with Crippen LogP contribution in [0.2, 0.25) is 0 Å². The van der Waals surface area contributed by atoms with E-state index in [2.05, 4.69) is 52.4 Å². The molecule has 2 N–H and O–H groups in total. The van der Waals surface area contributed by atoms with Crippen molar-refractivity contribution < 1.29 is 5.11 Å². The topological polar surface area (TPSA) is 32.3 Å². The Morgan fingerprint density at radius 2 is 2.00 bits per heavy atom. The van der Waals surface area contributed by atoms with E-state index in [0.717, 1.165) is 22.9 Å². The summed E-state index contributed by atoms with van der Waals surface area (Å²) >= 11 is 3.61. The molecule has 1 aliphatic rings. The third-order valence-electron chi connectivity index (χ3n) is 4.07. The monoisotopic (exact) mass is 331 g/mol. The van der Waals surface area contributed by atoms with Crippen molar-refractivity contribution >= 4 is 15.9 Å². The lowest BCUT2D eigenvalue weighted by molar-refractivity contribution is 0.464. The Bertz CT molecular complexity index is 626. The van der Waals surface area contributed by atoms with E-state index in [9.17, 15) is 5.11 Å². The molecule has 0 amide bonds. The zero-order chi connectivity index (χ0) is 14.1. The summed E-state index contributed by atoms with van der Waals surface area (Å²) in [6.07, 6.45) is 1.99. The average Bonchev–Trinajstić information content (AvgIpc) is 2.84. The highest BCUT2D eigenvalue weighted by molar-refractivity contribution is 9.10. The van der Waals surface area contributed by atoms with Gasteiger partial charge in [-0.1, -0.05) is 46.3 Å². The molecule has 0 saturated carbocycles. The van der Waals surface area contributed by atoms with E-state index in [0.29, 0.717) is 11.8 Å². The summed E-state index contributed by atoms with van der Waals surface area (Å²) in [4.78, 5) is 0. The molecule has 0 fully saturated rings. The number of halogens is 1. The Kier molecular flexibility index (Phi) is 3.81. The number of hydrogen-bond donors (Lipinski definition) is 2. The van der Waals surface area contributed by atoms with Crippen molar-refractivity contribution in [2.75, 3.05) is 0 Å². The number of phenolic OH excluding ortho intramolecular Hbond substituents is 1. The van der Waals surface area contributed by atoms with Crippen LogP contribution in [0, 0.1) is 0 Å². The van der Waals surface area contributed by atoms with Crippen molar-refractivity contribution in [2.45, 2.75) is 31.8 Å². The maximum atomic E-state index is 9.91. The molecule has 2 unspecified atom stereocenters. The zero-order valence-electron chi connectivity index (χ0n) is 11.4. The van der Waals surface area contributed by atoms with Crippen LogP contribution in [0.5, 0.6) is 5.75 Å². The average molecular weight is 332 g/mol. The Morgan fingerprint density at radius 3 is 2.80 bits per heavy atom. The molecule has 0 radical (unpaired) electrons. The van der Waals surface area contributed by atoms with Crippen LogP contribution in [0.15, 0.2) is 46.9 Å². The molecule has 0 heterocycles. The van der Waals surface area contributed by atoms with Crippen LogP contribution in [0.25, 0.3) is 0 Å². The Morgan fingerprint density at radius 1 is 1.20 bits per heavy atom. The maximum Gasteiger partial charge on any atom is 0.119 e. The normalized spacial score (nSPS) is 18.8. The van der Waals surface area contributed by atoms with E-state index in [1.807, 2.05) is 12.1 Å². The van der Waals surface area contributed by atoms with Crippen molar-refractivity contribution in [3.05, 3.63) is 63.6 Å².